The number of methoxy groups -OCH3 is 2. The number of nitrogens with zero attached hydrogens (tertiary/aromatic N) is 2. The van der Waals surface area contributed by atoms with Gasteiger partial charge >= 0.3 is 6.18 Å². The number of aromatic nitrogens is 2. The second kappa shape index (κ2) is 8.41. The van der Waals surface area contributed by atoms with Crippen molar-refractivity contribution in [3.63, 3.8) is 0 Å². The number of hydrogen-bond donors (Lipinski definition) is 0. The van der Waals surface area contributed by atoms with Gasteiger partial charge in [0.1, 0.15) is 23.6 Å². The molecule has 0 radical (unpaired) electrons. The van der Waals surface area contributed by atoms with Crippen molar-refractivity contribution in [2.75, 3.05) is 14.2 Å². The standard InChI is InChI=1S/C20H21F3N2O3/c1-26-15-9-7-14(8-10-15)13-28-19-16-5-3-6-17(27-2)18(16)25(24-19)12-4-11-20(21,22)23/h3,5-10H,4,11-13H2,1-2H3. The number of alkyl halides is 3. The number of halogens is 3. The Kier molecular flexibility index (Phi) is 5.96. The molecular weight excluding hydrogens is 373 g/mol. The van der Waals surface area contributed by atoms with Crippen LogP contribution in [0.1, 0.15) is 18.4 Å². The van der Waals surface area contributed by atoms with Gasteiger partial charge in [-0.2, -0.15) is 13.2 Å². The molecule has 0 unspecified atom stereocenters. The monoisotopic (exact) mass is 394 g/mol. The average Bonchev–Trinajstić information content (AvgIpc) is 3.04. The second-order valence-corrected chi connectivity index (χ2v) is 6.24. The van der Waals surface area contributed by atoms with Crippen molar-refractivity contribution in [3.05, 3.63) is 48.0 Å². The predicted molar refractivity (Wildman–Crippen MR) is 98.9 cm³/mol. The van der Waals surface area contributed by atoms with Crippen molar-refractivity contribution in [3.8, 4) is 17.4 Å². The van der Waals surface area contributed by atoms with E-state index in [0.29, 0.717) is 22.5 Å². The molecule has 0 aliphatic heterocycles. The van der Waals surface area contributed by atoms with Crippen molar-refractivity contribution in [1.82, 2.24) is 9.78 Å². The lowest BCUT2D eigenvalue weighted by Gasteiger charge is -2.08. The van der Waals surface area contributed by atoms with Gasteiger partial charge in [-0.05, 0) is 36.2 Å². The van der Waals surface area contributed by atoms with Crippen LogP contribution in [0.3, 0.4) is 0 Å². The summed E-state index contributed by atoms with van der Waals surface area (Å²) in [5.74, 6) is 1.64. The Morgan fingerprint density at radius 1 is 1.00 bits per heavy atom. The van der Waals surface area contributed by atoms with Crippen molar-refractivity contribution < 1.29 is 27.4 Å². The molecule has 3 aromatic rings. The van der Waals surface area contributed by atoms with E-state index in [4.69, 9.17) is 14.2 Å². The molecule has 0 saturated carbocycles. The number of rotatable bonds is 8. The smallest absolute Gasteiger partial charge is 0.389 e. The van der Waals surface area contributed by atoms with E-state index in [2.05, 4.69) is 5.10 Å². The summed E-state index contributed by atoms with van der Waals surface area (Å²) in [5.41, 5.74) is 1.54. The molecule has 0 amide bonds. The van der Waals surface area contributed by atoms with Crippen molar-refractivity contribution in [2.24, 2.45) is 0 Å². The largest absolute Gasteiger partial charge is 0.497 e. The summed E-state index contributed by atoms with van der Waals surface area (Å²) in [6, 6.07) is 12.8. The molecule has 0 atom stereocenters. The highest BCUT2D eigenvalue weighted by Gasteiger charge is 2.26. The Hall–Kier alpha value is -2.90. The summed E-state index contributed by atoms with van der Waals surface area (Å²) in [6.45, 7) is 0.387. The van der Waals surface area contributed by atoms with Crippen LogP contribution in [-0.4, -0.2) is 30.2 Å². The number of para-hydroxylation sites is 1. The van der Waals surface area contributed by atoms with E-state index in [1.54, 1.807) is 19.2 Å². The Balaban J connectivity index is 1.82. The Labute approximate surface area is 160 Å². The summed E-state index contributed by atoms with van der Waals surface area (Å²) in [5, 5.41) is 5.08. The van der Waals surface area contributed by atoms with Crippen LogP contribution in [0.25, 0.3) is 10.9 Å². The van der Waals surface area contributed by atoms with Crippen LogP contribution in [0.15, 0.2) is 42.5 Å². The van der Waals surface area contributed by atoms with E-state index in [9.17, 15) is 13.2 Å². The molecule has 0 saturated heterocycles. The first-order chi connectivity index (χ1) is 13.4. The van der Waals surface area contributed by atoms with Crippen molar-refractivity contribution >= 4 is 10.9 Å². The van der Waals surface area contributed by atoms with Gasteiger partial charge in [-0.15, -0.1) is 5.10 Å². The molecule has 3 rings (SSSR count). The number of benzene rings is 2. The average molecular weight is 394 g/mol. The molecule has 0 fully saturated rings. The van der Waals surface area contributed by atoms with Crippen LogP contribution in [-0.2, 0) is 13.2 Å². The van der Waals surface area contributed by atoms with Gasteiger partial charge in [-0.25, -0.2) is 0 Å². The minimum Gasteiger partial charge on any atom is -0.497 e. The molecule has 1 heterocycles. The van der Waals surface area contributed by atoms with Crippen LogP contribution in [0.2, 0.25) is 0 Å². The molecule has 0 aliphatic carbocycles. The second-order valence-electron chi connectivity index (χ2n) is 6.24. The molecule has 28 heavy (non-hydrogen) atoms. The number of ether oxygens (including phenoxy) is 3. The van der Waals surface area contributed by atoms with Gasteiger partial charge in [0.15, 0.2) is 0 Å². The minimum absolute atomic E-state index is 0.0732. The first-order valence-electron chi connectivity index (χ1n) is 8.77. The summed E-state index contributed by atoms with van der Waals surface area (Å²) in [4.78, 5) is 0. The van der Waals surface area contributed by atoms with E-state index in [1.165, 1.54) is 11.8 Å². The van der Waals surface area contributed by atoms with Crippen molar-refractivity contribution in [2.45, 2.75) is 32.2 Å². The predicted octanol–water partition coefficient (Wildman–Crippen LogP) is 4.98. The summed E-state index contributed by atoms with van der Waals surface area (Å²) in [6.07, 6.45) is -5.14. The molecular formula is C20H21F3N2O3. The quantitative estimate of drug-likeness (QED) is 0.541. The summed E-state index contributed by atoms with van der Waals surface area (Å²) >= 11 is 0. The lowest BCUT2D eigenvalue weighted by molar-refractivity contribution is -0.135. The Morgan fingerprint density at radius 3 is 2.39 bits per heavy atom. The number of aryl methyl sites for hydroxylation is 1. The van der Waals surface area contributed by atoms with Crippen LogP contribution < -0.4 is 14.2 Å². The maximum Gasteiger partial charge on any atom is 0.389 e. The van der Waals surface area contributed by atoms with E-state index in [1.807, 2.05) is 30.3 Å². The Morgan fingerprint density at radius 2 is 1.75 bits per heavy atom. The SMILES string of the molecule is COc1ccc(COc2nn(CCCC(F)(F)F)c3c(OC)cccc23)cc1. The lowest BCUT2D eigenvalue weighted by atomic mass is 10.2. The highest BCUT2D eigenvalue weighted by Crippen LogP contribution is 2.33. The van der Waals surface area contributed by atoms with Crippen LogP contribution >= 0.6 is 0 Å². The molecule has 150 valence electrons. The van der Waals surface area contributed by atoms with Gasteiger partial charge in [0.2, 0.25) is 5.88 Å². The van der Waals surface area contributed by atoms with E-state index in [0.717, 1.165) is 11.3 Å². The molecule has 0 spiro atoms. The maximum absolute atomic E-state index is 12.5. The molecule has 0 bridgehead atoms. The van der Waals surface area contributed by atoms with E-state index >= 15 is 0 Å². The van der Waals surface area contributed by atoms with Gasteiger partial charge in [0, 0.05) is 13.0 Å². The van der Waals surface area contributed by atoms with E-state index < -0.39 is 12.6 Å². The highest BCUT2D eigenvalue weighted by atomic mass is 19.4. The number of fused-ring (bicyclic) bond motifs is 1. The first kappa shape index (κ1) is 19.9. The highest BCUT2D eigenvalue weighted by molar-refractivity contribution is 5.89. The van der Waals surface area contributed by atoms with Crippen LogP contribution in [0.4, 0.5) is 13.2 Å². The number of hydrogen-bond acceptors (Lipinski definition) is 4. The van der Waals surface area contributed by atoms with Crippen LogP contribution in [0, 0.1) is 0 Å². The molecule has 0 aliphatic rings. The lowest BCUT2D eigenvalue weighted by Crippen LogP contribution is -2.10. The molecule has 8 heteroatoms. The third kappa shape index (κ3) is 4.68. The van der Waals surface area contributed by atoms with Gasteiger partial charge in [-0.3, -0.25) is 4.68 Å². The van der Waals surface area contributed by atoms with Gasteiger partial charge < -0.3 is 14.2 Å². The zero-order valence-corrected chi connectivity index (χ0v) is 15.6. The Bertz CT molecular complexity index is 921. The fraction of sp³-hybridized carbons (Fsp3) is 0.350. The fourth-order valence-electron chi connectivity index (χ4n) is 2.91. The zero-order valence-electron chi connectivity index (χ0n) is 15.6. The third-order valence-corrected chi connectivity index (χ3v) is 4.28. The zero-order chi connectivity index (χ0) is 20.1. The normalized spacial score (nSPS) is 11.6. The van der Waals surface area contributed by atoms with Gasteiger partial charge in [0.05, 0.1) is 19.6 Å². The molecule has 2 aromatic carbocycles. The van der Waals surface area contributed by atoms with E-state index in [-0.39, 0.29) is 19.6 Å². The van der Waals surface area contributed by atoms with Gasteiger partial charge in [-0.1, -0.05) is 18.2 Å². The molecule has 1 aromatic heterocycles. The first-order valence-corrected chi connectivity index (χ1v) is 8.77. The van der Waals surface area contributed by atoms with Crippen LogP contribution in [0.5, 0.6) is 17.4 Å². The minimum atomic E-state index is -4.19. The summed E-state index contributed by atoms with van der Waals surface area (Å²) < 4.78 is 55.4. The third-order valence-electron chi connectivity index (χ3n) is 4.28. The topological polar surface area (TPSA) is 45.5 Å². The molecule has 0 N–H and O–H groups in total. The maximum atomic E-state index is 12.5. The molecule has 5 nitrogen and oxygen atoms in total. The van der Waals surface area contributed by atoms with Gasteiger partial charge in [0.25, 0.3) is 0 Å². The fourth-order valence-corrected chi connectivity index (χ4v) is 2.91. The van der Waals surface area contributed by atoms with Crippen molar-refractivity contribution in [1.29, 1.82) is 0 Å². The summed E-state index contributed by atoms with van der Waals surface area (Å²) in [7, 11) is 3.11.